The van der Waals surface area contributed by atoms with E-state index in [1.807, 2.05) is 12.3 Å². The summed E-state index contributed by atoms with van der Waals surface area (Å²) in [5, 5.41) is 1.23. The topological polar surface area (TPSA) is 12.9 Å². The Hall–Kier alpha value is -0.812. The molecule has 1 nitrogen and oxygen atoms in total. The van der Waals surface area contributed by atoms with Crippen molar-refractivity contribution in [2.24, 2.45) is 0 Å². The molecule has 1 aromatic carbocycles. The first kappa shape index (κ1) is 6.87. The first-order valence-electron chi connectivity index (χ1n) is 3.46. The third kappa shape index (κ3) is 1.29. The van der Waals surface area contributed by atoms with Gasteiger partial charge in [-0.15, -0.1) is 0 Å². The molecule has 11 heavy (non-hydrogen) atoms. The van der Waals surface area contributed by atoms with E-state index >= 15 is 0 Å². The Morgan fingerprint density at radius 2 is 2.09 bits per heavy atom. The quantitative estimate of drug-likeness (QED) is 0.570. The van der Waals surface area contributed by atoms with Gasteiger partial charge in [0.1, 0.15) is 0 Å². The van der Waals surface area contributed by atoms with Crippen LogP contribution >= 0.6 is 0 Å². The van der Waals surface area contributed by atoms with E-state index in [0.29, 0.717) is 0 Å². The van der Waals surface area contributed by atoms with Gasteiger partial charge in [0.2, 0.25) is 0 Å². The summed E-state index contributed by atoms with van der Waals surface area (Å²) in [6.45, 7) is 0. The van der Waals surface area contributed by atoms with Crippen molar-refractivity contribution in [1.82, 2.24) is 4.98 Å². The van der Waals surface area contributed by atoms with Crippen LogP contribution in [0.2, 0.25) is 0 Å². The van der Waals surface area contributed by atoms with Crippen molar-refractivity contribution >= 4 is 32.1 Å². The van der Waals surface area contributed by atoms with Gasteiger partial charge in [-0.05, 0) is 0 Å². The number of fused-ring (bicyclic) bond motifs is 1. The number of aromatic nitrogens is 1. The molecule has 2 aromatic rings. The van der Waals surface area contributed by atoms with Crippen LogP contribution in [0.15, 0.2) is 36.5 Å². The number of pyridine rings is 1. The fraction of sp³-hybridized carbons (Fsp3) is 0. The monoisotopic (exact) mass is 205 g/mol. The molecule has 0 aliphatic heterocycles. The zero-order valence-corrected chi connectivity index (χ0v) is 8.41. The van der Waals surface area contributed by atoms with Crippen LogP contribution in [0, 0.1) is 0 Å². The molecule has 1 aromatic heterocycles. The van der Waals surface area contributed by atoms with Gasteiger partial charge in [0.25, 0.3) is 0 Å². The second-order valence-electron chi connectivity index (χ2n) is 2.46. The predicted molar refractivity (Wildman–Crippen MR) is 49.9 cm³/mol. The summed E-state index contributed by atoms with van der Waals surface area (Å²) in [5.41, 5.74) is 1.08. The van der Waals surface area contributed by atoms with Gasteiger partial charge in [0, 0.05) is 0 Å². The summed E-state index contributed by atoms with van der Waals surface area (Å²) >= 11 is 1.65. The SMILES string of the molecule is [AsH2]c1ccc2ncccc2c1. The van der Waals surface area contributed by atoms with E-state index in [9.17, 15) is 0 Å². The third-order valence-electron chi connectivity index (χ3n) is 1.63. The number of hydrogen-bond acceptors (Lipinski definition) is 1. The van der Waals surface area contributed by atoms with Gasteiger partial charge in [-0.3, -0.25) is 0 Å². The van der Waals surface area contributed by atoms with Crippen molar-refractivity contribution in [3.63, 3.8) is 0 Å². The Kier molecular flexibility index (Phi) is 1.67. The predicted octanol–water partition coefficient (Wildman–Crippen LogP) is 0.493. The first-order chi connectivity index (χ1) is 5.36. The molecule has 0 saturated carbocycles. The molecule has 0 aliphatic rings. The first-order valence-corrected chi connectivity index (χ1v) is 4.68. The minimum absolute atomic E-state index is 1.08. The zero-order chi connectivity index (χ0) is 7.68. The molecule has 0 bridgehead atoms. The summed E-state index contributed by atoms with van der Waals surface area (Å²) in [6.07, 6.45) is 1.82. The summed E-state index contributed by atoms with van der Waals surface area (Å²) in [4.78, 5) is 4.23. The molecule has 0 saturated heterocycles. The molecule has 0 fully saturated rings. The molecule has 0 radical (unpaired) electrons. The molecule has 1 heterocycles. The Balaban J connectivity index is 2.83. The van der Waals surface area contributed by atoms with Crippen molar-refractivity contribution in [3.05, 3.63) is 36.5 Å². The zero-order valence-electron chi connectivity index (χ0n) is 5.99. The fourth-order valence-electron chi connectivity index (χ4n) is 1.09. The molecule has 2 rings (SSSR count). The van der Waals surface area contributed by atoms with Crippen molar-refractivity contribution in [2.75, 3.05) is 0 Å². The van der Waals surface area contributed by atoms with Crippen LogP contribution in [0.25, 0.3) is 10.9 Å². The second-order valence-corrected chi connectivity index (χ2v) is 3.85. The van der Waals surface area contributed by atoms with Gasteiger partial charge >= 0.3 is 73.6 Å². The van der Waals surface area contributed by atoms with E-state index < -0.39 is 0 Å². The number of nitrogens with zero attached hydrogens (tertiary/aromatic N) is 1. The van der Waals surface area contributed by atoms with Crippen LogP contribution in [0.4, 0.5) is 0 Å². The Morgan fingerprint density at radius 3 is 3.00 bits per heavy atom. The average molecular weight is 205 g/mol. The van der Waals surface area contributed by atoms with Gasteiger partial charge in [-0.25, -0.2) is 0 Å². The normalized spacial score (nSPS) is 10.3. The Bertz CT molecular complexity index is 384. The molecule has 0 N–H and O–H groups in total. The Morgan fingerprint density at radius 1 is 1.18 bits per heavy atom. The van der Waals surface area contributed by atoms with E-state index in [4.69, 9.17) is 0 Å². The second kappa shape index (κ2) is 2.67. The van der Waals surface area contributed by atoms with Crippen molar-refractivity contribution in [2.45, 2.75) is 0 Å². The van der Waals surface area contributed by atoms with Crippen LogP contribution < -0.4 is 4.35 Å². The van der Waals surface area contributed by atoms with E-state index in [1.54, 1.807) is 16.9 Å². The molecule has 1 unspecified atom stereocenters. The van der Waals surface area contributed by atoms with E-state index in [1.165, 1.54) is 9.74 Å². The molecule has 0 amide bonds. The van der Waals surface area contributed by atoms with E-state index in [-0.39, 0.29) is 0 Å². The van der Waals surface area contributed by atoms with Crippen molar-refractivity contribution < 1.29 is 0 Å². The molecule has 1 atom stereocenters. The molecular weight excluding hydrogens is 197 g/mol. The van der Waals surface area contributed by atoms with Gasteiger partial charge in [0.15, 0.2) is 0 Å². The van der Waals surface area contributed by atoms with E-state index in [0.717, 1.165) is 5.52 Å². The van der Waals surface area contributed by atoms with Gasteiger partial charge < -0.3 is 0 Å². The summed E-state index contributed by atoms with van der Waals surface area (Å²) in [5.74, 6) is 0. The van der Waals surface area contributed by atoms with Crippen LogP contribution in [0.3, 0.4) is 0 Å². The van der Waals surface area contributed by atoms with Crippen LogP contribution in [0.1, 0.15) is 0 Å². The average Bonchev–Trinajstić information content (AvgIpc) is 2.04. The fourth-order valence-corrected chi connectivity index (χ4v) is 1.67. The number of rotatable bonds is 0. The van der Waals surface area contributed by atoms with Crippen LogP contribution in [-0.2, 0) is 0 Å². The number of hydrogen-bond donors (Lipinski definition) is 0. The summed E-state index contributed by atoms with van der Waals surface area (Å²) in [6, 6.07) is 10.4. The summed E-state index contributed by atoms with van der Waals surface area (Å²) in [7, 11) is 0. The maximum atomic E-state index is 4.23. The Labute approximate surface area is 74.0 Å². The maximum absolute atomic E-state index is 4.23. The van der Waals surface area contributed by atoms with Gasteiger partial charge in [-0.1, -0.05) is 0 Å². The van der Waals surface area contributed by atoms with Gasteiger partial charge in [0.05, 0.1) is 0 Å². The molecule has 2 heteroatoms. The van der Waals surface area contributed by atoms with Crippen molar-refractivity contribution in [1.29, 1.82) is 0 Å². The summed E-state index contributed by atoms with van der Waals surface area (Å²) < 4.78 is 1.35. The number of benzene rings is 1. The minimum atomic E-state index is 1.08. The standard InChI is InChI=1S/C9H8AsN/c10-8-3-4-9-7(6-8)2-1-5-11-9/h1-6H,10H2. The third-order valence-corrected chi connectivity index (χ3v) is 2.38. The van der Waals surface area contributed by atoms with Crippen LogP contribution in [0.5, 0.6) is 0 Å². The van der Waals surface area contributed by atoms with Crippen molar-refractivity contribution in [3.8, 4) is 0 Å². The van der Waals surface area contributed by atoms with E-state index in [2.05, 4.69) is 29.2 Å². The van der Waals surface area contributed by atoms with Gasteiger partial charge in [-0.2, -0.15) is 0 Å². The molecular formula is C9H8AsN. The molecule has 54 valence electrons. The molecule has 0 spiro atoms. The van der Waals surface area contributed by atoms with Crippen LogP contribution in [-0.4, -0.2) is 21.8 Å². The molecule has 0 aliphatic carbocycles.